The molecule has 0 fully saturated rings. The minimum Gasteiger partial charge on any atom is -0.388 e. The molecule has 0 atom stereocenters. The smallest absolute Gasteiger partial charge is 0.196 e. The van der Waals surface area contributed by atoms with Gasteiger partial charge in [-0.05, 0) is 26.0 Å². The Morgan fingerprint density at radius 3 is 1.44 bits per heavy atom. The molecular formula is C20H24N2O3. The zero-order chi connectivity index (χ0) is 18.4. The van der Waals surface area contributed by atoms with Crippen LogP contribution in [0.25, 0.3) is 0 Å². The van der Waals surface area contributed by atoms with Gasteiger partial charge in [0, 0.05) is 49.8 Å². The summed E-state index contributed by atoms with van der Waals surface area (Å²) in [4.78, 5) is 25.4. The first kappa shape index (κ1) is 18.7. The number of carbonyl (C=O) groups excluding carboxylic acids is 2. The summed E-state index contributed by atoms with van der Waals surface area (Å²) in [6.07, 6.45) is 0. The number of ketones is 2. The minimum absolute atomic E-state index is 0.114. The van der Waals surface area contributed by atoms with Gasteiger partial charge in [-0.3, -0.25) is 9.59 Å². The fourth-order valence-corrected chi connectivity index (χ4v) is 2.84. The van der Waals surface area contributed by atoms with Crippen molar-refractivity contribution in [2.45, 2.75) is 13.8 Å². The number of benzene rings is 2. The molecule has 0 bridgehead atoms. The maximum absolute atomic E-state index is 12.7. The summed E-state index contributed by atoms with van der Waals surface area (Å²) >= 11 is 0. The maximum Gasteiger partial charge on any atom is 0.196 e. The second-order valence-corrected chi connectivity index (χ2v) is 5.40. The Kier molecular flexibility index (Phi) is 6.31. The molecule has 132 valence electrons. The van der Waals surface area contributed by atoms with E-state index in [1.807, 2.05) is 26.0 Å². The number of ether oxygens (including phenoxy) is 1. The summed E-state index contributed by atoms with van der Waals surface area (Å²) < 4.78 is 4.83. The van der Waals surface area contributed by atoms with Crippen LogP contribution in [0.2, 0.25) is 0 Å². The predicted molar refractivity (Wildman–Crippen MR) is 101 cm³/mol. The highest BCUT2D eigenvalue weighted by Gasteiger charge is 2.33. The molecule has 0 saturated heterocycles. The average molecular weight is 340 g/mol. The topological polar surface area (TPSA) is 67.4 Å². The lowest BCUT2D eigenvalue weighted by atomic mass is 9.82. The first-order valence-electron chi connectivity index (χ1n) is 8.39. The Labute approximate surface area is 148 Å². The van der Waals surface area contributed by atoms with Crippen molar-refractivity contribution in [3.63, 3.8) is 0 Å². The van der Waals surface area contributed by atoms with Gasteiger partial charge in [-0.2, -0.15) is 0 Å². The zero-order valence-electron chi connectivity index (χ0n) is 15.1. The van der Waals surface area contributed by atoms with E-state index >= 15 is 0 Å². The molecule has 0 amide bonds. The highest BCUT2D eigenvalue weighted by Crippen LogP contribution is 2.35. The van der Waals surface area contributed by atoms with E-state index in [1.165, 1.54) is 0 Å². The summed E-state index contributed by atoms with van der Waals surface area (Å²) in [5, 5.41) is 5.97. The van der Waals surface area contributed by atoms with Crippen LogP contribution in [0.5, 0.6) is 0 Å². The van der Waals surface area contributed by atoms with E-state index in [2.05, 4.69) is 10.6 Å². The molecule has 5 nitrogen and oxygen atoms in total. The van der Waals surface area contributed by atoms with Gasteiger partial charge in [0.05, 0.1) is 11.1 Å². The average Bonchev–Trinajstić information content (AvgIpc) is 2.66. The molecule has 0 spiro atoms. The number of hydrogen-bond acceptors (Lipinski definition) is 5. The number of fused-ring (bicyclic) bond motifs is 2. The van der Waals surface area contributed by atoms with Crippen molar-refractivity contribution in [1.82, 2.24) is 0 Å². The van der Waals surface area contributed by atoms with Gasteiger partial charge in [-0.25, -0.2) is 0 Å². The second kappa shape index (κ2) is 8.44. The van der Waals surface area contributed by atoms with Crippen molar-refractivity contribution < 1.29 is 14.3 Å². The molecule has 0 aliphatic heterocycles. The Bertz CT molecular complexity index is 721. The van der Waals surface area contributed by atoms with E-state index in [0.29, 0.717) is 33.6 Å². The van der Waals surface area contributed by atoms with Crippen LogP contribution in [-0.2, 0) is 4.74 Å². The van der Waals surface area contributed by atoms with Gasteiger partial charge in [0.1, 0.15) is 0 Å². The first-order valence-corrected chi connectivity index (χ1v) is 8.39. The molecule has 25 heavy (non-hydrogen) atoms. The van der Waals surface area contributed by atoms with Crippen molar-refractivity contribution in [2.24, 2.45) is 0 Å². The molecular weight excluding hydrogens is 316 g/mol. The molecule has 0 saturated carbocycles. The van der Waals surface area contributed by atoms with Crippen LogP contribution in [-0.4, -0.2) is 38.9 Å². The van der Waals surface area contributed by atoms with E-state index in [4.69, 9.17) is 4.74 Å². The molecule has 0 aromatic heterocycles. The van der Waals surface area contributed by atoms with Crippen molar-refractivity contribution in [2.75, 3.05) is 37.9 Å². The van der Waals surface area contributed by atoms with Crippen LogP contribution in [0.15, 0.2) is 36.4 Å². The second-order valence-electron chi connectivity index (χ2n) is 5.40. The molecule has 3 rings (SSSR count). The summed E-state index contributed by atoms with van der Waals surface area (Å²) in [6, 6.07) is 10.6. The highest BCUT2D eigenvalue weighted by atomic mass is 16.5. The normalized spacial score (nSPS) is 11.8. The summed E-state index contributed by atoms with van der Waals surface area (Å²) in [7, 11) is 3.49. The van der Waals surface area contributed by atoms with E-state index in [9.17, 15) is 9.59 Å². The Morgan fingerprint density at radius 2 is 1.16 bits per heavy atom. The fourth-order valence-electron chi connectivity index (χ4n) is 2.84. The number of carbonyl (C=O) groups is 2. The lowest BCUT2D eigenvalue weighted by Gasteiger charge is -2.22. The van der Waals surface area contributed by atoms with Crippen molar-refractivity contribution >= 4 is 22.9 Å². The van der Waals surface area contributed by atoms with Crippen LogP contribution >= 0.6 is 0 Å². The number of nitrogens with one attached hydrogen (secondary N) is 2. The quantitative estimate of drug-likeness (QED) is 0.760. The van der Waals surface area contributed by atoms with Gasteiger partial charge < -0.3 is 15.4 Å². The monoisotopic (exact) mass is 340 g/mol. The van der Waals surface area contributed by atoms with Gasteiger partial charge in [-0.15, -0.1) is 0 Å². The zero-order valence-corrected chi connectivity index (χ0v) is 15.1. The van der Waals surface area contributed by atoms with Gasteiger partial charge >= 0.3 is 0 Å². The predicted octanol–water partition coefficient (Wildman–Crippen LogP) is 3.59. The van der Waals surface area contributed by atoms with Crippen molar-refractivity contribution in [1.29, 1.82) is 0 Å². The van der Waals surface area contributed by atoms with Crippen LogP contribution in [0.1, 0.15) is 45.7 Å². The first-order chi connectivity index (χ1) is 12.1. The fraction of sp³-hybridized carbons (Fsp3) is 0.300. The molecule has 2 N–H and O–H groups in total. The van der Waals surface area contributed by atoms with Crippen LogP contribution in [0.3, 0.4) is 0 Å². The molecule has 0 radical (unpaired) electrons. The van der Waals surface area contributed by atoms with E-state index in [1.54, 1.807) is 38.4 Å². The number of hydrogen-bond donors (Lipinski definition) is 2. The Balaban J connectivity index is 0.000000399. The third-order valence-electron chi connectivity index (χ3n) is 4.02. The van der Waals surface area contributed by atoms with E-state index in [0.717, 1.165) is 13.2 Å². The summed E-state index contributed by atoms with van der Waals surface area (Å²) in [5.74, 6) is -0.228. The molecule has 5 heteroatoms. The van der Waals surface area contributed by atoms with E-state index < -0.39 is 0 Å². The molecule has 1 aliphatic rings. The molecule has 1 aliphatic carbocycles. The minimum atomic E-state index is -0.114. The number of anilines is 2. The third-order valence-corrected chi connectivity index (χ3v) is 4.02. The van der Waals surface area contributed by atoms with Gasteiger partial charge in [0.25, 0.3) is 0 Å². The molecule has 0 heterocycles. The lowest BCUT2D eigenvalue weighted by Crippen LogP contribution is -2.23. The van der Waals surface area contributed by atoms with Gasteiger partial charge in [-0.1, -0.05) is 24.3 Å². The number of rotatable bonds is 4. The third kappa shape index (κ3) is 3.56. The molecule has 0 unspecified atom stereocenters. The maximum atomic E-state index is 12.7. The SMILES string of the molecule is CCOCC.CNc1ccc(NC)c2c1C(=O)c1ccccc1C2=O. The van der Waals surface area contributed by atoms with Crippen LogP contribution in [0.4, 0.5) is 11.4 Å². The van der Waals surface area contributed by atoms with Gasteiger partial charge in [0.15, 0.2) is 11.6 Å². The van der Waals surface area contributed by atoms with Crippen LogP contribution in [0, 0.1) is 0 Å². The Morgan fingerprint density at radius 1 is 0.760 bits per heavy atom. The van der Waals surface area contributed by atoms with Crippen molar-refractivity contribution in [3.05, 3.63) is 58.7 Å². The Hall–Kier alpha value is -2.66. The van der Waals surface area contributed by atoms with Crippen molar-refractivity contribution in [3.8, 4) is 0 Å². The molecule has 2 aromatic rings. The van der Waals surface area contributed by atoms with Gasteiger partial charge in [0.2, 0.25) is 0 Å². The van der Waals surface area contributed by atoms with Crippen LogP contribution < -0.4 is 10.6 Å². The highest BCUT2D eigenvalue weighted by molar-refractivity contribution is 6.31. The van der Waals surface area contributed by atoms with E-state index in [-0.39, 0.29) is 11.6 Å². The largest absolute Gasteiger partial charge is 0.388 e. The summed E-state index contributed by atoms with van der Waals surface area (Å²) in [6.45, 7) is 5.67. The summed E-state index contributed by atoms with van der Waals surface area (Å²) in [5.41, 5.74) is 3.18. The standard InChI is InChI=1S/C16H14N2O2.C4H10O/c1-17-11-7-8-12(18-2)14-13(11)15(19)9-5-3-4-6-10(9)16(14)20;1-3-5-4-2/h3-8,17-18H,1-2H3;3-4H2,1-2H3. The molecule has 2 aromatic carbocycles. The lowest BCUT2D eigenvalue weighted by molar-refractivity contribution is 0.0980.